The Hall–Kier alpha value is -3.81. The number of hydrogen-bond donors (Lipinski definition) is 1. The zero-order valence-corrected chi connectivity index (χ0v) is 17.9. The molecule has 2 aliphatic heterocycles. The van der Waals surface area contributed by atoms with Crippen molar-refractivity contribution in [2.75, 3.05) is 25.6 Å². The molecule has 2 aliphatic rings. The van der Waals surface area contributed by atoms with Crippen molar-refractivity contribution in [2.24, 2.45) is 7.05 Å². The van der Waals surface area contributed by atoms with E-state index in [2.05, 4.69) is 10.3 Å². The average Bonchev–Trinajstić information content (AvgIpc) is 3.49. The van der Waals surface area contributed by atoms with Gasteiger partial charge in [-0.1, -0.05) is 30.3 Å². The van der Waals surface area contributed by atoms with Gasteiger partial charge in [-0.25, -0.2) is 4.98 Å². The highest BCUT2D eigenvalue weighted by atomic mass is 16.5. The van der Waals surface area contributed by atoms with E-state index in [4.69, 9.17) is 9.47 Å². The van der Waals surface area contributed by atoms with Crippen LogP contribution < -0.4 is 14.8 Å². The van der Waals surface area contributed by atoms with Crippen molar-refractivity contribution in [3.05, 3.63) is 72.3 Å². The third-order valence-corrected chi connectivity index (χ3v) is 6.43. The van der Waals surface area contributed by atoms with Crippen molar-refractivity contribution in [1.82, 2.24) is 14.5 Å². The largest absolute Gasteiger partial charge is 0.493 e. The standard InChI is InChI=1S/C24H24N4O4/c1-27-14-12-25-22(27)21-24(16-7-3-4-8-17(16)26-23(24)30)11-13-28(21)20(29)15-32-19-10-6-5-9-18(19)31-2/h3-10,12,14,21H,11,13,15H2,1-2H3,(H,26,30)/t21-,24+/m0/s1. The van der Waals surface area contributed by atoms with Gasteiger partial charge in [-0.05, 0) is 30.2 Å². The van der Waals surface area contributed by atoms with Crippen LogP contribution in [0, 0.1) is 0 Å². The Morgan fingerprint density at radius 1 is 1.19 bits per heavy atom. The molecule has 2 amide bonds. The Balaban J connectivity index is 1.50. The van der Waals surface area contributed by atoms with Gasteiger partial charge in [0.2, 0.25) is 5.91 Å². The van der Waals surface area contributed by atoms with E-state index < -0.39 is 11.5 Å². The first-order valence-corrected chi connectivity index (χ1v) is 10.5. The van der Waals surface area contributed by atoms with E-state index in [0.29, 0.717) is 30.3 Å². The van der Waals surface area contributed by atoms with Crippen molar-refractivity contribution in [1.29, 1.82) is 0 Å². The van der Waals surface area contributed by atoms with Gasteiger partial charge in [0.1, 0.15) is 17.3 Å². The number of anilines is 1. The summed E-state index contributed by atoms with van der Waals surface area (Å²) in [5.41, 5.74) is 0.797. The fourth-order valence-electron chi connectivity index (χ4n) is 4.92. The highest BCUT2D eigenvalue weighted by Crippen LogP contribution is 2.54. The number of methoxy groups -OCH3 is 1. The second-order valence-corrected chi connectivity index (χ2v) is 8.05. The lowest BCUT2D eigenvalue weighted by atomic mass is 9.74. The first kappa shape index (κ1) is 20.1. The molecule has 164 valence electrons. The predicted octanol–water partition coefficient (Wildman–Crippen LogP) is 2.67. The van der Waals surface area contributed by atoms with Gasteiger partial charge >= 0.3 is 0 Å². The number of para-hydroxylation sites is 3. The number of aryl methyl sites for hydroxylation is 1. The summed E-state index contributed by atoms with van der Waals surface area (Å²) in [5.74, 6) is 1.41. The van der Waals surface area contributed by atoms with Crippen LogP contribution in [0.25, 0.3) is 0 Å². The second-order valence-electron chi connectivity index (χ2n) is 8.05. The molecular weight excluding hydrogens is 408 g/mol. The lowest BCUT2D eigenvalue weighted by Crippen LogP contribution is -2.44. The zero-order valence-electron chi connectivity index (χ0n) is 17.9. The zero-order chi connectivity index (χ0) is 22.3. The number of benzene rings is 2. The van der Waals surface area contributed by atoms with Crippen LogP contribution in [0.1, 0.15) is 23.9 Å². The van der Waals surface area contributed by atoms with Crippen LogP contribution >= 0.6 is 0 Å². The number of amides is 2. The number of aromatic nitrogens is 2. The molecule has 1 saturated heterocycles. The summed E-state index contributed by atoms with van der Waals surface area (Å²) >= 11 is 0. The van der Waals surface area contributed by atoms with Gasteiger partial charge in [0.25, 0.3) is 5.91 Å². The van der Waals surface area contributed by atoms with E-state index in [1.54, 1.807) is 30.3 Å². The smallest absolute Gasteiger partial charge is 0.261 e. The third-order valence-electron chi connectivity index (χ3n) is 6.43. The van der Waals surface area contributed by atoms with E-state index in [1.165, 1.54) is 0 Å². The fourth-order valence-corrected chi connectivity index (χ4v) is 4.92. The maximum absolute atomic E-state index is 13.4. The molecule has 32 heavy (non-hydrogen) atoms. The monoisotopic (exact) mass is 432 g/mol. The number of fused-ring (bicyclic) bond motifs is 2. The maximum Gasteiger partial charge on any atom is 0.261 e. The van der Waals surface area contributed by atoms with Gasteiger partial charge in [0.15, 0.2) is 18.1 Å². The molecule has 3 heterocycles. The summed E-state index contributed by atoms with van der Waals surface area (Å²) in [6.07, 6.45) is 4.02. The SMILES string of the molecule is COc1ccccc1OCC(=O)N1CC[C@]2(C(=O)Nc3ccccc32)[C@@H]1c1nccn1C. The number of rotatable bonds is 5. The lowest BCUT2D eigenvalue weighted by molar-refractivity contribution is -0.135. The summed E-state index contributed by atoms with van der Waals surface area (Å²) in [5, 5.41) is 3.01. The highest BCUT2D eigenvalue weighted by molar-refractivity contribution is 6.07. The number of imidazole rings is 1. The Kier molecular flexibility index (Phi) is 4.84. The van der Waals surface area contributed by atoms with Gasteiger partial charge in [0.05, 0.1) is 7.11 Å². The Morgan fingerprint density at radius 3 is 2.69 bits per heavy atom. The summed E-state index contributed by atoms with van der Waals surface area (Å²) in [7, 11) is 3.43. The van der Waals surface area contributed by atoms with Crippen molar-refractivity contribution in [3.63, 3.8) is 0 Å². The van der Waals surface area contributed by atoms with Gasteiger partial charge in [-0.2, -0.15) is 0 Å². The van der Waals surface area contributed by atoms with Gasteiger partial charge in [-0.3, -0.25) is 9.59 Å². The Labute approximate surface area is 185 Å². The van der Waals surface area contributed by atoms with Crippen LogP contribution in [-0.4, -0.2) is 46.5 Å². The first-order valence-electron chi connectivity index (χ1n) is 10.5. The molecule has 8 heteroatoms. The molecule has 0 unspecified atom stereocenters. The molecule has 3 aromatic rings. The van der Waals surface area contributed by atoms with E-state index in [-0.39, 0.29) is 18.4 Å². The number of ether oxygens (including phenoxy) is 2. The number of carbonyl (C=O) groups excluding carboxylic acids is 2. The second kappa shape index (κ2) is 7.71. The first-order chi connectivity index (χ1) is 15.6. The maximum atomic E-state index is 13.4. The van der Waals surface area contributed by atoms with E-state index in [1.807, 2.05) is 54.2 Å². The molecule has 0 bridgehead atoms. The molecule has 8 nitrogen and oxygen atoms in total. The van der Waals surface area contributed by atoms with Crippen LogP contribution in [-0.2, 0) is 22.1 Å². The van der Waals surface area contributed by atoms with Crippen molar-refractivity contribution < 1.29 is 19.1 Å². The number of carbonyl (C=O) groups is 2. The predicted molar refractivity (Wildman–Crippen MR) is 118 cm³/mol. The quantitative estimate of drug-likeness (QED) is 0.670. The molecule has 2 atom stereocenters. The molecule has 5 rings (SSSR count). The molecule has 0 saturated carbocycles. The fraction of sp³-hybridized carbons (Fsp3) is 0.292. The van der Waals surface area contributed by atoms with Crippen LogP contribution in [0.2, 0.25) is 0 Å². The number of nitrogens with zero attached hydrogens (tertiary/aromatic N) is 3. The van der Waals surface area contributed by atoms with Crippen LogP contribution in [0.3, 0.4) is 0 Å². The van der Waals surface area contributed by atoms with Crippen LogP contribution in [0.4, 0.5) is 5.69 Å². The highest BCUT2D eigenvalue weighted by Gasteiger charge is 2.60. The summed E-state index contributed by atoms with van der Waals surface area (Å²) < 4.78 is 13.0. The van der Waals surface area contributed by atoms with E-state index in [9.17, 15) is 9.59 Å². The van der Waals surface area contributed by atoms with Crippen molar-refractivity contribution in [3.8, 4) is 11.5 Å². The number of hydrogen-bond acceptors (Lipinski definition) is 5. The lowest BCUT2D eigenvalue weighted by Gasteiger charge is -2.33. The molecule has 1 fully saturated rings. The molecule has 1 N–H and O–H groups in total. The minimum Gasteiger partial charge on any atom is -0.493 e. The molecule has 0 aliphatic carbocycles. The minimum atomic E-state index is -0.893. The van der Waals surface area contributed by atoms with E-state index in [0.717, 1.165) is 11.3 Å². The van der Waals surface area contributed by atoms with Crippen LogP contribution in [0.15, 0.2) is 60.9 Å². The normalized spacial score (nSPS) is 21.5. The van der Waals surface area contributed by atoms with Crippen molar-refractivity contribution in [2.45, 2.75) is 17.9 Å². The van der Waals surface area contributed by atoms with Gasteiger partial charge in [0, 0.05) is 31.7 Å². The van der Waals surface area contributed by atoms with Crippen LogP contribution in [0.5, 0.6) is 11.5 Å². The topological polar surface area (TPSA) is 85.7 Å². The summed E-state index contributed by atoms with van der Waals surface area (Å²) in [6, 6.07) is 14.3. The number of nitrogens with one attached hydrogen (secondary N) is 1. The summed E-state index contributed by atoms with van der Waals surface area (Å²) in [4.78, 5) is 33.0. The molecule has 2 aromatic carbocycles. The molecular formula is C24H24N4O4. The molecule has 1 spiro atoms. The molecule has 0 radical (unpaired) electrons. The van der Waals surface area contributed by atoms with E-state index >= 15 is 0 Å². The minimum absolute atomic E-state index is 0.104. The average molecular weight is 432 g/mol. The Morgan fingerprint density at radius 2 is 1.94 bits per heavy atom. The summed E-state index contributed by atoms with van der Waals surface area (Å²) in [6.45, 7) is 0.258. The molecule has 1 aromatic heterocycles. The van der Waals surface area contributed by atoms with Crippen molar-refractivity contribution >= 4 is 17.5 Å². The Bertz CT molecular complexity index is 1190. The van der Waals surface area contributed by atoms with Gasteiger partial charge in [-0.15, -0.1) is 0 Å². The number of likely N-dealkylation sites (tertiary alicyclic amines) is 1. The third kappa shape index (κ3) is 2.94. The van der Waals surface area contributed by atoms with Gasteiger partial charge < -0.3 is 24.3 Å².